The molecule has 1 aromatic carbocycles. The molecular weight excluding hydrogens is 254 g/mol. The molecule has 2 amide bonds. The molecule has 0 aliphatic rings. The van der Waals surface area contributed by atoms with Crippen molar-refractivity contribution in [2.45, 2.75) is 19.9 Å². The van der Waals surface area contributed by atoms with Crippen LogP contribution in [-0.4, -0.2) is 17.9 Å². The van der Waals surface area contributed by atoms with Crippen molar-refractivity contribution in [3.05, 3.63) is 34.9 Å². The normalized spacial score (nSPS) is 12.1. The molecule has 0 fully saturated rings. The molecule has 6 heteroatoms. The van der Waals surface area contributed by atoms with E-state index in [9.17, 15) is 9.59 Å². The van der Waals surface area contributed by atoms with Crippen molar-refractivity contribution >= 4 is 23.4 Å². The minimum Gasteiger partial charge on any atom is -0.320 e. The monoisotopic (exact) mass is 269 g/mol. The van der Waals surface area contributed by atoms with E-state index >= 15 is 0 Å². The maximum absolute atomic E-state index is 11.7. The third kappa shape index (κ3) is 4.01. The fourth-order valence-electron chi connectivity index (χ4n) is 1.21. The van der Waals surface area contributed by atoms with Crippen molar-refractivity contribution < 1.29 is 9.59 Å². The number of rotatable bonds is 3. The molecule has 0 radical (unpaired) electrons. The number of carbonyl (C=O) groups is 2. The lowest BCUT2D eigenvalue weighted by Crippen LogP contribution is -2.51. The SMILES string of the molecule is CC(C)C(N)C(=O)NNC(=O)c1cccc(Cl)c1. The van der Waals surface area contributed by atoms with Crippen LogP contribution in [0, 0.1) is 5.92 Å². The summed E-state index contributed by atoms with van der Waals surface area (Å²) in [4.78, 5) is 23.2. The van der Waals surface area contributed by atoms with Gasteiger partial charge in [-0.15, -0.1) is 0 Å². The third-order valence-electron chi connectivity index (χ3n) is 2.41. The van der Waals surface area contributed by atoms with Gasteiger partial charge in [0.1, 0.15) is 0 Å². The van der Waals surface area contributed by atoms with Gasteiger partial charge >= 0.3 is 0 Å². The summed E-state index contributed by atoms with van der Waals surface area (Å²) in [6, 6.07) is 5.75. The Morgan fingerprint density at radius 2 is 1.94 bits per heavy atom. The Hall–Kier alpha value is -1.59. The van der Waals surface area contributed by atoms with Gasteiger partial charge in [-0.25, -0.2) is 0 Å². The lowest BCUT2D eigenvalue weighted by molar-refractivity contribution is -0.124. The zero-order chi connectivity index (χ0) is 13.7. The Morgan fingerprint density at radius 1 is 1.28 bits per heavy atom. The van der Waals surface area contributed by atoms with Crippen LogP contribution in [0.3, 0.4) is 0 Å². The third-order valence-corrected chi connectivity index (χ3v) is 2.64. The van der Waals surface area contributed by atoms with E-state index in [1.165, 1.54) is 6.07 Å². The number of halogens is 1. The number of hydrogen-bond donors (Lipinski definition) is 3. The molecule has 0 bridgehead atoms. The second kappa shape index (κ2) is 6.37. The fourth-order valence-corrected chi connectivity index (χ4v) is 1.40. The number of benzene rings is 1. The molecule has 4 N–H and O–H groups in total. The number of carbonyl (C=O) groups excluding carboxylic acids is 2. The Bertz CT molecular complexity index is 449. The van der Waals surface area contributed by atoms with Crippen LogP contribution in [0.5, 0.6) is 0 Å². The summed E-state index contributed by atoms with van der Waals surface area (Å²) in [7, 11) is 0. The molecule has 0 saturated heterocycles. The topological polar surface area (TPSA) is 84.2 Å². The van der Waals surface area contributed by atoms with Crippen LogP contribution in [-0.2, 0) is 4.79 Å². The summed E-state index contributed by atoms with van der Waals surface area (Å²) in [6.45, 7) is 3.64. The van der Waals surface area contributed by atoms with Crippen LogP contribution in [0.25, 0.3) is 0 Å². The number of nitrogens with one attached hydrogen (secondary N) is 2. The zero-order valence-electron chi connectivity index (χ0n) is 10.2. The van der Waals surface area contributed by atoms with Crippen LogP contribution in [0.4, 0.5) is 0 Å². The maximum Gasteiger partial charge on any atom is 0.269 e. The average molecular weight is 270 g/mol. The highest BCUT2D eigenvalue weighted by Crippen LogP contribution is 2.10. The molecule has 0 saturated carbocycles. The summed E-state index contributed by atoms with van der Waals surface area (Å²) in [5.41, 5.74) is 10.5. The fraction of sp³-hybridized carbons (Fsp3) is 0.333. The summed E-state index contributed by atoms with van der Waals surface area (Å²) in [6.07, 6.45) is 0. The maximum atomic E-state index is 11.7. The van der Waals surface area contributed by atoms with Crippen molar-refractivity contribution in [2.75, 3.05) is 0 Å². The van der Waals surface area contributed by atoms with Crippen molar-refractivity contribution in [1.29, 1.82) is 0 Å². The minimum absolute atomic E-state index is 0.00642. The van der Waals surface area contributed by atoms with Gasteiger partial charge in [0.25, 0.3) is 11.8 Å². The Kier molecular flexibility index (Phi) is 5.12. The smallest absolute Gasteiger partial charge is 0.269 e. The highest BCUT2D eigenvalue weighted by Gasteiger charge is 2.17. The first-order valence-electron chi connectivity index (χ1n) is 5.53. The average Bonchev–Trinajstić information content (AvgIpc) is 2.34. The molecule has 1 rings (SSSR count). The molecule has 1 unspecified atom stereocenters. The van der Waals surface area contributed by atoms with Crippen LogP contribution in [0.2, 0.25) is 5.02 Å². The van der Waals surface area contributed by atoms with Crippen molar-refractivity contribution in [1.82, 2.24) is 10.9 Å². The molecule has 0 spiro atoms. The highest BCUT2D eigenvalue weighted by atomic mass is 35.5. The molecule has 0 aromatic heterocycles. The predicted octanol–water partition coefficient (Wildman–Crippen LogP) is 1.08. The number of hydrogen-bond acceptors (Lipinski definition) is 3. The summed E-state index contributed by atoms with van der Waals surface area (Å²) in [5, 5.41) is 0.452. The molecule has 1 aromatic rings. The van der Waals surface area contributed by atoms with E-state index < -0.39 is 17.9 Å². The highest BCUT2D eigenvalue weighted by molar-refractivity contribution is 6.30. The first kappa shape index (κ1) is 14.5. The van der Waals surface area contributed by atoms with Gasteiger partial charge in [-0.1, -0.05) is 31.5 Å². The first-order valence-corrected chi connectivity index (χ1v) is 5.91. The van der Waals surface area contributed by atoms with Crippen LogP contribution in [0.15, 0.2) is 24.3 Å². The molecule has 0 aliphatic heterocycles. The van der Waals surface area contributed by atoms with E-state index in [2.05, 4.69) is 10.9 Å². The molecule has 1 atom stereocenters. The van der Waals surface area contributed by atoms with Crippen LogP contribution >= 0.6 is 11.6 Å². The minimum atomic E-state index is -0.662. The van der Waals surface area contributed by atoms with Gasteiger partial charge in [0.05, 0.1) is 6.04 Å². The van der Waals surface area contributed by atoms with E-state index in [0.29, 0.717) is 10.6 Å². The number of hydrazine groups is 1. The lowest BCUT2D eigenvalue weighted by atomic mass is 10.1. The van der Waals surface area contributed by atoms with Crippen molar-refractivity contribution in [2.24, 2.45) is 11.7 Å². The van der Waals surface area contributed by atoms with Gasteiger partial charge in [0.15, 0.2) is 0 Å². The first-order chi connectivity index (χ1) is 8.41. The lowest BCUT2D eigenvalue weighted by Gasteiger charge is -2.15. The van der Waals surface area contributed by atoms with E-state index in [1.54, 1.807) is 18.2 Å². The quantitative estimate of drug-likeness (QED) is 0.718. The molecular formula is C12H16ClN3O2. The number of amides is 2. The van der Waals surface area contributed by atoms with Gasteiger partial charge in [-0.05, 0) is 24.1 Å². The molecule has 0 aliphatic carbocycles. The number of nitrogens with two attached hydrogens (primary N) is 1. The van der Waals surface area contributed by atoms with Gasteiger partial charge < -0.3 is 5.73 Å². The Morgan fingerprint density at radius 3 is 2.50 bits per heavy atom. The predicted molar refractivity (Wildman–Crippen MR) is 69.9 cm³/mol. The summed E-state index contributed by atoms with van der Waals surface area (Å²) >= 11 is 5.76. The van der Waals surface area contributed by atoms with E-state index in [-0.39, 0.29) is 5.92 Å². The van der Waals surface area contributed by atoms with E-state index in [1.807, 2.05) is 13.8 Å². The van der Waals surface area contributed by atoms with Crippen LogP contribution in [0.1, 0.15) is 24.2 Å². The van der Waals surface area contributed by atoms with Crippen molar-refractivity contribution in [3.8, 4) is 0 Å². The van der Waals surface area contributed by atoms with Gasteiger partial charge in [-0.2, -0.15) is 0 Å². The van der Waals surface area contributed by atoms with Crippen LogP contribution < -0.4 is 16.6 Å². The Balaban J connectivity index is 2.54. The van der Waals surface area contributed by atoms with Gasteiger partial charge in [0, 0.05) is 10.6 Å². The summed E-state index contributed by atoms with van der Waals surface area (Å²) in [5.74, 6) is -0.879. The van der Waals surface area contributed by atoms with E-state index in [4.69, 9.17) is 17.3 Å². The second-order valence-corrected chi connectivity index (χ2v) is 4.66. The van der Waals surface area contributed by atoms with Gasteiger partial charge in [-0.3, -0.25) is 20.4 Å². The molecule has 98 valence electrons. The standard InChI is InChI=1S/C12H16ClN3O2/c1-7(2)10(14)12(18)16-15-11(17)8-4-3-5-9(13)6-8/h3-7,10H,14H2,1-2H3,(H,15,17)(H,16,18). The zero-order valence-corrected chi connectivity index (χ0v) is 11.0. The molecule has 0 heterocycles. The Labute approximate surface area is 111 Å². The molecule has 18 heavy (non-hydrogen) atoms. The summed E-state index contributed by atoms with van der Waals surface area (Å²) < 4.78 is 0. The second-order valence-electron chi connectivity index (χ2n) is 4.22. The van der Waals surface area contributed by atoms with Gasteiger partial charge in [0.2, 0.25) is 0 Å². The largest absolute Gasteiger partial charge is 0.320 e. The van der Waals surface area contributed by atoms with Crippen molar-refractivity contribution in [3.63, 3.8) is 0 Å². The van der Waals surface area contributed by atoms with E-state index in [0.717, 1.165) is 0 Å². The molecule has 5 nitrogen and oxygen atoms in total.